The Morgan fingerprint density at radius 2 is 1.63 bits per heavy atom. The summed E-state index contributed by atoms with van der Waals surface area (Å²) in [5.41, 5.74) is 3.77. The quantitative estimate of drug-likeness (QED) is 0.670. The molecule has 0 heterocycles. The van der Waals surface area contributed by atoms with Crippen LogP contribution in [0.3, 0.4) is 0 Å². The van der Waals surface area contributed by atoms with E-state index in [0.717, 1.165) is 5.56 Å². The molecule has 0 bridgehead atoms. The SMILES string of the molecule is O=C(NN=Nc1ccccc1)OCc1ccccc1. The fraction of sp³-hybridized carbons (Fsp3) is 0.0714. The number of nitrogens with one attached hydrogen (secondary N) is 1. The fourth-order valence-corrected chi connectivity index (χ4v) is 1.37. The normalized spacial score (nSPS) is 10.3. The van der Waals surface area contributed by atoms with Crippen molar-refractivity contribution in [1.82, 2.24) is 5.43 Å². The van der Waals surface area contributed by atoms with Crippen LogP contribution >= 0.6 is 0 Å². The lowest BCUT2D eigenvalue weighted by atomic mass is 10.2. The van der Waals surface area contributed by atoms with Gasteiger partial charge >= 0.3 is 6.09 Å². The Morgan fingerprint density at radius 3 is 2.32 bits per heavy atom. The van der Waals surface area contributed by atoms with Gasteiger partial charge in [-0.2, -0.15) is 5.43 Å². The third-order valence-electron chi connectivity index (χ3n) is 2.28. The zero-order chi connectivity index (χ0) is 13.3. The van der Waals surface area contributed by atoms with Gasteiger partial charge in [-0.05, 0) is 17.7 Å². The fourth-order valence-electron chi connectivity index (χ4n) is 1.37. The van der Waals surface area contributed by atoms with Gasteiger partial charge in [0.05, 0.1) is 5.69 Å². The Kier molecular flexibility index (Phi) is 4.64. The topological polar surface area (TPSA) is 63.0 Å². The monoisotopic (exact) mass is 255 g/mol. The van der Waals surface area contributed by atoms with Crippen LogP contribution in [0.1, 0.15) is 5.56 Å². The molecular weight excluding hydrogens is 242 g/mol. The highest BCUT2D eigenvalue weighted by molar-refractivity contribution is 5.66. The molecule has 2 aromatic rings. The van der Waals surface area contributed by atoms with Gasteiger partial charge in [-0.25, -0.2) is 4.79 Å². The van der Waals surface area contributed by atoms with E-state index in [4.69, 9.17) is 4.74 Å². The van der Waals surface area contributed by atoms with Gasteiger partial charge in [-0.15, -0.1) is 5.11 Å². The minimum atomic E-state index is -0.636. The minimum Gasteiger partial charge on any atom is -0.443 e. The summed E-state index contributed by atoms with van der Waals surface area (Å²) in [4.78, 5) is 11.3. The van der Waals surface area contributed by atoms with Gasteiger partial charge in [-0.3, -0.25) is 0 Å². The number of nitrogens with zero attached hydrogens (tertiary/aromatic N) is 2. The second-order valence-corrected chi connectivity index (χ2v) is 3.71. The number of amides is 1. The second kappa shape index (κ2) is 6.90. The van der Waals surface area contributed by atoms with E-state index in [1.807, 2.05) is 48.5 Å². The van der Waals surface area contributed by atoms with E-state index in [9.17, 15) is 4.79 Å². The van der Waals surface area contributed by atoms with E-state index in [0.29, 0.717) is 5.69 Å². The van der Waals surface area contributed by atoms with E-state index in [2.05, 4.69) is 15.8 Å². The third-order valence-corrected chi connectivity index (χ3v) is 2.28. The number of ether oxygens (including phenoxy) is 1. The van der Waals surface area contributed by atoms with E-state index >= 15 is 0 Å². The molecule has 0 aromatic heterocycles. The number of hydrogen-bond acceptors (Lipinski definition) is 4. The maximum atomic E-state index is 11.3. The zero-order valence-electron chi connectivity index (χ0n) is 10.2. The van der Waals surface area contributed by atoms with Gasteiger partial charge in [0.1, 0.15) is 6.61 Å². The van der Waals surface area contributed by atoms with Crippen molar-refractivity contribution in [2.45, 2.75) is 6.61 Å². The molecule has 0 aliphatic rings. The Balaban J connectivity index is 1.75. The first kappa shape index (κ1) is 12.8. The van der Waals surface area contributed by atoms with Gasteiger partial charge in [0.2, 0.25) is 0 Å². The van der Waals surface area contributed by atoms with Crippen LogP contribution in [0.5, 0.6) is 0 Å². The molecule has 96 valence electrons. The molecule has 1 amide bonds. The minimum absolute atomic E-state index is 0.202. The molecule has 0 spiro atoms. The molecule has 0 saturated heterocycles. The van der Waals surface area contributed by atoms with Crippen LogP contribution < -0.4 is 5.43 Å². The summed E-state index contributed by atoms with van der Waals surface area (Å²) >= 11 is 0. The maximum Gasteiger partial charge on any atom is 0.429 e. The Bertz CT molecular complexity index is 541. The molecule has 0 aliphatic carbocycles. The van der Waals surface area contributed by atoms with Crippen molar-refractivity contribution in [2.24, 2.45) is 10.3 Å². The standard InChI is InChI=1S/C14H13N3O2/c18-14(19-11-12-7-3-1-4-8-12)16-17-15-13-9-5-2-6-10-13/h1-10H,11H2,(H,15,16,18). The van der Waals surface area contributed by atoms with E-state index < -0.39 is 6.09 Å². The molecule has 1 N–H and O–H groups in total. The predicted molar refractivity (Wildman–Crippen MR) is 70.7 cm³/mol. The van der Waals surface area contributed by atoms with Crippen molar-refractivity contribution in [3.05, 3.63) is 66.2 Å². The smallest absolute Gasteiger partial charge is 0.429 e. The zero-order valence-corrected chi connectivity index (χ0v) is 10.2. The lowest BCUT2D eigenvalue weighted by molar-refractivity contribution is 0.139. The van der Waals surface area contributed by atoms with Crippen LogP contribution in [-0.4, -0.2) is 6.09 Å². The van der Waals surface area contributed by atoms with Crippen LogP contribution in [0.15, 0.2) is 71.0 Å². The number of hydrogen-bond donors (Lipinski definition) is 1. The third kappa shape index (κ3) is 4.59. The van der Waals surface area contributed by atoms with Gasteiger partial charge in [0.15, 0.2) is 0 Å². The molecule has 0 unspecified atom stereocenters. The van der Waals surface area contributed by atoms with E-state index in [1.54, 1.807) is 12.1 Å². The summed E-state index contributed by atoms with van der Waals surface area (Å²) < 4.78 is 4.96. The summed E-state index contributed by atoms with van der Waals surface area (Å²) in [6, 6.07) is 18.5. The second-order valence-electron chi connectivity index (χ2n) is 3.71. The molecule has 0 fully saturated rings. The van der Waals surface area contributed by atoms with Gasteiger partial charge in [0.25, 0.3) is 0 Å². The molecule has 5 nitrogen and oxygen atoms in total. The van der Waals surface area contributed by atoms with Gasteiger partial charge in [-0.1, -0.05) is 53.8 Å². The van der Waals surface area contributed by atoms with Crippen LogP contribution in [0.25, 0.3) is 0 Å². The first-order valence-corrected chi connectivity index (χ1v) is 5.77. The highest BCUT2D eigenvalue weighted by Gasteiger charge is 2.00. The summed E-state index contributed by atoms with van der Waals surface area (Å²) in [7, 11) is 0. The van der Waals surface area contributed by atoms with Crippen molar-refractivity contribution in [3.63, 3.8) is 0 Å². The Morgan fingerprint density at radius 1 is 1.00 bits per heavy atom. The predicted octanol–water partition coefficient (Wildman–Crippen LogP) is 3.61. The molecule has 0 aliphatic heterocycles. The molecule has 5 heteroatoms. The molecule has 2 aromatic carbocycles. The van der Waals surface area contributed by atoms with Gasteiger partial charge in [0, 0.05) is 0 Å². The first-order chi connectivity index (χ1) is 9.34. The summed E-state index contributed by atoms with van der Waals surface area (Å²) in [5, 5.41) is 7.37. The van der Waals surface area contributed by atoms with E-state index in [1.165, 1.54) is 0 Å². The van der Waals surface area contributed by atoms with Crippen molar-refractivity contribution in [3.8, 4) is 0 Å². The molecule has 0 radical (unpaired) electrons. The highest BCUT2D eigenvalue weighted by Crippen LogP contribution is 2.09. The Hall–Kier alpha value is -2.69. The lowest BCUT2D eigenvalue weighted by Gasteiger charge is -2.02. The van der Waals surface area contributed by atoms with Crippen molar-refractivity contribution < 1.29 is 9.53 Å². The number of rotatable bonds is 4. The molecule has 19 heavy (non-hydrogen) atoms. The summed E-state index contributed by atoms with van der Waals surface area (Å²) in [6.45, 7) is 0.202. The average Bonchev–Trinajstić information content (AvgIpc) is 2.47. The number of carbonyl (C=O) groups excluding carboxylic acids is 1. The average molecular weight is 255 g/mol. The first-order valence-electron chi connectivity index (χ1n) is 5.77. The summed E-state index contributed by atoms with van der Waals surface area (Å²) in [5.74, 6) is 0. The van der Waals surface area contributed by atoms with E-state index in [-0.39, 0.29) is 6.61 Å². The largest absolute Gasteiger partial charge is 0.443 e. The Labute approximate surface area is 110 Å². The summed E-state index contributed by atoms with van der Waals surface area (Å²) in [6.07, 6.45) is -0.636. The van der Waals surface area contributed by atoms with Crippen molar-refractivity contribution >= 4 is 11.8 Å². The number of benzene rings is 2. The van der Waals surface area contributed by atoms with Gasteiger partial charge < -0.3 is 4.74 Å². The molecule has 0 atom stereocenters. The van der Waals surface area contributed by atoms with Crippen LogP contribution in [0.2, 0.25) is 0 Å². The number of carbonyl (C=O) groups is 1. The van der Waals surface area contributed by atoms with Crippen molar-refractivity contribution in [2.75, 3.05) is 0 Å². The van der Waals surface area contributed by atoms with Crippen molar-refractivity contribution in [1.29, 1.82) is 0 Å². The van der Waals surface area contributed by atoms with Crippen LogP contribution in [-0.2, 0) is 11.3 Å². The molecule has 2 rings (SSSR count). The van der Waals surface area contributed by atoms with Crippen LogP contribution in [0, 0.1) is 0 Å². The highest BCUT2D eigenvalue weighted by atomic mass is 16.6. The maximum absolute atomic E-state index is 11.3. The van der Waals surface area contributed by atoms with Crippen LogP contribution in [0.4, 0.5) is 10.5 Å². The molecule has 0 saturated carbocycles. The molecular formula is C14H13N3O2. The lowest BCUT2D eigenvalue weighted by Crippen LogP contribution is -2.17.